The fourth-order valence-corrected chi connectivity index (χ4v) is 5.31. The van der Waals surface area contributed by atoms with Crippen molar-refractivity contribution in [2.45, 2.75) is 33.6 Å². The van der Waals surface area contributed by atoms with Gasteiger partial charge in [-0.15, -0.1) is 0 Å². The summed E-state index contributed by atoms with van der Waals surface area (Å²) in [6, 6.07) is 18.1. The second-order valence-electron chi connectivity index (χ2n) is 11.5. The summed E-state index contributed by atoms with van der Waals surface area (Å²) in [7, 11) is 4.30. The number of aromatic nitrogens is 2. The molecule has 1 saturated heterocycles. The summed E-state index contributed by atoms with van der Waals surface area (Å²) >= 11 is 0. The minimum atomic E-state index is 0.0340. The van der Waals surface area contributed by atoms with Crippen molar-refractivity contribution in [3.05, 3.63) is 60.8 Å². The number of piperazine rings is 1. The minimum absolute atomic E-state index is 0.0340. The smallest absolute Gasteiger partial charge is 0.227 e. The maximum atomic E-state index is 11.8. The van der Waals surface area contributed by atoms with Crippen LogP contribution in [-0.2, 0) is 4.79 Å². The lowest BCUT2D eigenvalue weighted by atomic mass is 9.92. The molecule has 0 radical (unpaired) electrons. The van der Waals surface area contributed by atoms with Crippen LogP contribution in [0.5, 0.6) is 0 Å². The summed E-state index contributed by atoms with van der Waals surface area (Å²) in [5, 5.41) is 6.25. The Bertz CT molecular complexity index is 1200. The van der Waals surface area contributed by atoms with Crippen molar-refractivity contribution in [3.63, 3.8) is 0 Å². The molecule has 2 heterocycles. The molecule has 0 spiro atoms. The van der Waals surface area contributed by atoms with Crippen molar-refractivity contribution >= 4 is 28.9 Å². The number of hydrogen-bond donors (Lipinski definition) is 2. The topological polar surface area (TPSA) is 76.6 Å². The van der Waals surface area contributed by atoms with Crippen LogP contribution in [-0.4, -0.2) is 79.0 Å². The van der Waals surface area contributed by atoms with E-state index in [-0.39, 0.29) is 11.3 Å². The van der Waals surface area contributed by atoms with E-state index < -0.39 is 0 Å². The third-order valence-corrected chi connectivity index (χ3v) is 6.85. The second kappa shape index (κ2) is 13.0. The van der Waals surface area contributed by atoms with Gasteiger partial charge in [0.25, 0.3) is 0 Å². The van der Waals surface area contributed by atoms with E-state index in [0.717, 1.165) is 68.3 Å². The van der Waals surface area contributed by atoms with Crippen molar-refractivity contribution in [3.8, 4) is 11.3 Å². The molecule has 2 N–H and O–H groups in total. The summed E-state index contributed by atoms with van der Waals surface area (Å²) in [5.41, 5.74) is 5.06. The van der Waals surface area contributed by atoms with E-state index in [9.17, 15) is 4.79 Å². The Hall–Kier alpha value is -3.49. The SMILES string of the molecule is CCCC(=O)Nc1ccc(-c2ccnc(Nc3ccc(N4CCN(CC(C)(C)CN(C)C)CC4)cc3)n2)cc1. The summed E-state index contributed by atoms with van der Waals surface area (Å²) in [6.07, 6.45) is 3.11. The first-order valence-electron chi connectivity index (χ1n) is 13.9. The Morgan fingerprint density at radius 1 is 0.949 bits per heavy atom. The fraction of sp³-hybridized carbons (Fsp3) is 0.452. The van der Waals surface area contributed by atoms with Gasteiger partial charge in [0.15, 0.2) is 0 Å². The molecule has 2 aromatic carbocycles. The number of rotatable bonds is 11. The molecule has 0 atom stereocenters. The number of amides is 1. The Morgan fingerprint density at radius 3 is 2.26 bits per heavy atom. The first-order valence-corrected chi connectivity index (χ1v) is 13.9. The molecular formula is C31H43N7O. The summed E-state index contributed by atoms with van der Waals surface area (Å²) in [6.45, 7) is 13.2. The van der Waals surface area contributed by atoms with E-state index in [1.165, 1.54) is 5.69 Å². The van der Waals surface area contributed by atoms with Gasteiger partial charge in [0, 0.05) is 74.5 Å². The zero-order valence-corrected chi connectivity index (χ0v) is 24.1. The molecule has 3 aromatic rings. The van der Waals surface area contributed by atoms with Gasteiger partial charge in [0.05, 0.1) is 5.69 Å². The van der Waals surface area contributed by atoms with Crippen molar-refractivity contribution in [1.29, 1.82) is 0 Å². The molecule has 208 valence electrons. The lowest BCUT2D eigenvalue weighted by molar-refractivity contribution is -0.116. The zero-order valence-electron chi connectivity index (χ0n) is 24.1. The number of carbonyl (C=O) groups excluding carboxylic acids is 1. The van der Waals surface area contributed by atoms with E-state index in [2.05, 4.69) is 82.5 Å². The third kappa shape index (κ3) is 8.50. The predicted molar refractivity (Wildman–Crippen MR) is 162 cm³/mol. The van der Waals surface area contributed by atoms with Crippen LogP contribution in [0.3, 0.4) is 0 Å². The molecule has 39 heavy (non-hydrogen) atoms. The zero-order chi connectivity index (χ0) is 27.8. The molecule has 0 aliphatic carbocycles. The van der Waals surface area contributed by atoms with E-state index in [1.807, 2.05) is 37.3 Å². The standard InChI is InChI=1S/C31H43N7O/c1-6-7-29(39)33-25-10-8-24(9-11-25)28-16-17-32-30(35-28)34-26-12-14-27(15-13-26)38-20-18-37(19-21-38)23-31(2,3)22-36(4)5/h8-17H,6-7,18-23H2,1-5H3,(H,33,39)(H,32,34,35). The van der Waals surface area contributed by atoms with Gasteiger partial charge in [0.1, 0.15) is 0 Å². The summed E-state index contributed by atoms with van der Waals surface area (Å²) < 4.78 is 0. The lowest BCUT2D eigenvalue weighted by Crippen LogP contribution is -2.50. The molecule has 0 bridgehead atoms. The average molecular weight is 530 g/mol. The Labute approximate surface area is 233 Å². The third-order valence-electron chi connectivity index (χ3n) is 6.85. The highest BCUT2D eigenvalue weighted by molar-refractivity contribution is 5.90. The highest BCUT2D eigenvalue weighted by atomic mass is 16.1. The highest BCUT2D eigenvalue weighted by Crippen LogP contribution is 2.25. The van der Waals surface area contributed by atoms with Crippen molar-refractivity contribution in [2.75, 3.05) is 68.9 Å². The van der Waals surface area contributed by atoms with E-state index in [0.29, 0.717) is 12.4 Å². The normalized spacial score (nSPS) is 14.5. The largest absolute Gasteiger partial charge is 0.369 e. The second-order valence-corrected chi connectivity index (χ2v) is 11.5. The molecule has 1 amide bonds. The minimum Gasteiger partial charge on any atom is -0.369 e. The van der Waals surface area contributed by atoms with Crippen LogP contribution in [0.15, 0.2) is 60.8 Å². The molecule has 8 heteroatoms. The van der Waals surface area contributed by atoms with Crippen LogP contribution in [0, 0.1) is 5.41 Å². The molecule has 8 nitrogen and oxygen atoms in total. The van der Waals surface area contributed by atoms with Gasteiger partial charge in [-0.25, -0.2) is 9.97 Å². The van der Waals surface area contributed by atoms with Crippen LogP contribution in [0.2, 0.25) is 0 Å². The molecule has 1 aromatic heterocycles. The molecule has 0 saturated carbocycles. The molecule has 4 rings (SSSR count). The molecule has 0 unspecified atom stereocenters. The Kier molecular flexibility index (Phi) is 9.54. The quantitative estimate of drug-likeness (QED) is 0.347. The van der Waals surface area contributed by atoms with Crippen LogP contribution in [0.1, 0.15) is 33.6 Å². The maximum absolute atomic E-state index is 11.8. The van der Waals surface area contributed by atoms with E-state index in [4.69, 9.17) is 4.98 Å². The monoisotopic (exact) mass is 529 g/mol. The Balaban J connectivity index is 1.31. The summed E-state index contributed by atoms with van der Waals surface area (Å²) in [4.78, 5) is 28.3. The summed E-state index contributed by atoms with van der Waals surface area (Å²) in [5.74, 6) is 0.584. The number of nitrogens with one attached hydrogen (secondary N) is 2. The van der Waals surface area contributed by atoms with Gasteiger partial charge in [-0.2, -0.15) is 0 Å². The van der Waals surface area contributed by atoms with Gasteiger partial charge in [0.2, 0.25) is 11.9 Å². The van der Waals surface area contributed by atoms with E-state index in [1.54, 1.807) is 6.20 Å². The van der Waals surface area contributed by atoms with Crippen molar-refractivity contribution in [2.24, 2.45) is 5.41 Å². The van der Waals surface area contributed by atoms with Crippen LogP contribution in [0.4, 0.5) is 23.0 Å². The molecule has 1 aliphatic heterocycles. The van der Waals surface area contributed by atoms with Crippen LogP contribution < -0.4 is 15.5 Å². The van der Waals surface area contributed by atoms with Gasteiger partial charge in [-0.1, -0.05) is 32.9 Å². The number of benzene rings is 2. The number of anilines is 4. The van der Waals surface area contributed by atoms with Crippen molar-refractivity contribution < 1.29 is 4.79 Å². The van der Waals surface area contributed by atoms with Gasteiger partial charge >= 0.3 is 0 Å². The van der Waals surface area contributed by atoms with Gasteiger partial charge in [-0.05, 0) is 68.4 Å². The number of carbonyl (C=O) groups is 1. The fourth-order valence-electron chi connectivity index (χ4n) is 5.31. The first-order chi connectivity index (χ1) is 18.7. The van der Waals surface area contributed by atoms with Gasteiger partial charge < -0.3 is 20.4 Å². The number of hydrogen-bond acceptors (Lipinski definition) is 7. The van der Waals surface area contributed by atoms with E-state index >= 15 is 0 Å². The predicted octanol–water partition coefficient (Wildman–Crippen LogP) is 5.34. The van der Waals surface area contributed by atoms with Gasteiger partial charge in [-0.3, -0.25) is 9.69 Å². The first kappa shape index (κ1) is 28.5. The Morgan fingerprint density at radius 2 is 1.62 bits per heavy atom. The number of nitrogens with zero attached hydrogens (tertiary/aromatic N) is 5. The molecular weight excluding hydrogens is 486 g/mol. The van der Waals surface area contributed by atoms with Crippen molar-refractivity contribution in [1.82, 2.24) is 19.8 Å². The van der Waals surface area contributed by atoms with Crippen LogP contribution >= 0.6 is 0 Å². The van der Waals surface area contributed by atoms with Crippen LogP contribution in [0.25, 0.3) is 11.3 Å². The molecule has 1 fully saturated rings. The lowest BCUT2D eigenvalue weighted by Gasteiger charge is -2.40. The molecule has 1 aliphatic rings. The average Bonchev–Trinajstić information content (AvgIpc) is 2.89. The highest BCUT2D eigenvalue weighted by Gasteiger charge is 2.25. The maximum Gasteiger partial charge on any atom is 0.227 e.